The first kappa shape index (κ1) is 24.6. The lowest BCUT2D eigenvalue weighted by Gasteiger charge is -2.22. The van der Waals surface area contributed by atoms with Crippen molar-refractivity contribution in [2.24, 2.45) is 11.8 Å². The molecular formula is C26H31FN6O2. The number of nitrogens with zero attached hydrogens (tertiary/aromatic N) is 3. The first-order chi connectivity index (χ1) is 17.0. The van der Waals surface area contributed by atoms with E-state index in [9.17, 15) is 19.6 Å². The largest absolute Gasteiger partial charge is 0.508 e. The van der Waals surface area contributed by atoms with Gasteiger partial charge >= 0.3 is 0 Å². The van der Waals surface area contributed by atoms with Crippen molar-refractivity contribution in [3.63, 3.8) is 0 Å². The molecule has 1 saturated heterocycles. The molecule has 2 atom stereocenters. The molecule has 0 spiro atoms. The number of nitrogens with one attached hydrogen (secondary N) is 3. The van der Waals surface area contributed by atoms with Crippen LogP contribution in [0, 0.1) is 35.9 Å². The molecule has 3 aromatic rings. The van der Waals surface area contributed by atoms with Crippen LogP contribution in [0.3, 0.4) is 0 Å². The number of hydrogen-bond acceptors (Lipinski definition) is 6. The number of pyridine rings is 1. The van der Waals surface area contributed by atoms with Crippen LogP contribution in [0.1, 0.15) is 55.8 Å². The Labute approximate surface area is 204 Å². The number of aromatic nitrogens is 3. The Bertz CT molecular complexity index is 1280. The quantitative estimate of drug-likeness (QED) is 0.441. The maximum Gasteiger partial charge on any atom is 0.223 e. The molecule has 2 aliphatic rings. The molecule has 184 valence electrons. The summed E-state index contributed by atoms with van der Waals surface area (Å²) in [5.41, 5.74) is 2.35. The maximum absolute atomic E-state index is 14.7. The fourth-order valence-corrected chi connectivity index (χ4v) is 4.87. The normalized spacial score (nSPS) is 19.5. The lowest BCUT2D eigenvalue weighted by molar-refractivity contribution is -0.122. The van der Waals surface area contributed by atoms with Crippen molar-refractivity contribution in [2.75, 3.05) is 19.6 Å². The Kier molecular flexibility index (Phi) is 7.31. The number of carbonyl (C=O) groups excluding carboxylic acids is 1. The van der Waals surface area contributed by atoms with E-state index in [-0.39, 0.29) is 40.3 Å². The average Bonchev–Trinajstić information content (AvgIpc) is 3.59. The smallest absolute Gasteiger partial charge is 0.223 e. The van der Waals surface area contributed by atoms with Gasteiger partial charge in [-0.05, 0) is 68.8 Å². The van der Waals surface area contributed by atoms with Gasteiger partial charge in [0, 0.05) is 35.2 Å². The summed E-state index contributed by atoms with van der Waals surface area (Å²) in [6, 6.07) is 5.96. The highest BCUT2D eigenvalue weighted by Gasteiger charge is 2.47. The van der Waals surface area contributed by atoms with E-state index in [1.165, 1.54) is 12.1 Å². The van der Waals surface area contributed by atoms with Gasteiger partial charge in [-0.2, -0.15) is 10.4 Å². The van der Waals surface area contributed by atoms with Crippen LogP contribution < -0.4 is 10.6 Å². The van der Waals surface area contributed by atoms with Gasteiger partial charge in [0.15, 0.2) is 5.65 Å². The molecule has 35 heavy (non-hydrogen) atoms. The maximum atomic E-state index is 14.7. The third-order valence-electron chi connectivity index (χ3n) is 6.76. The molecule has 5 rings (SSSR count). The molecule has 2 aromatic heterocycles. The van der Waals surface area contributed by atoms with Gasteiger partial charge in [-0.25, -0.2) is 9.37 Å². The van der Waals surface area contributed by atoms with Crippen LogP contribution in [-0.2, 0) is 4.79 Å². The van der Waals surface area contributed by atoms with Crippen LogP contribution >= 0.6 is 0 Å². The standard InChI is InChI=1S/C24H25FN6O2.C2H6/c1-12-20-21(16-9-17(16)24(33)28-11-13-4-6-27-7-5-13)18(10-26)22(29-23(20)31-30-12)15-3-2-14(32)8-19(15)25;1-2/h2-3,8,13,16-17,27,32H,4-7,9,11H2,1H3,(H,28,33)(H,29,30,31);1-2H3/t16?,17-;/m0./s1. The average molecular weight is 479 g/mol. The molecule has 1 saturated carbocycles. The van der Waals surface area contributed by atoms with Crippen LogP contribution in [0.4, 0.5) is 4.39 Å². The zero-order chi connectivity index (χ0) is 25.1. The first-order valence-electron chi connectivity index (χ1n) is 12.2. The van der Waals surface area contributed by atoms with E-state index in [4.69, 9.17) is 0 Å². The number of halogens is 1. The number of H-pyrrole nitrogens is 1. The molecule has 2 fully saturated rings. The molecule has 3 heterocycles. The number of rotatable bonds is 5. The van der Waals surface area contributed by atoms with Crippen molar-refractivity contribution in [3.8, 4) is 23.1 Å². The van der Waals surface area contributed by atoms with Crippen LogP contribution in [0.15, 0.2) is 18.2 Å². The second-order valence-electron chi connectivity index (χ2n) is 8.96. The number of amides is 1. The molecule has 8 nitrogen and oxygen atoms in total. The van der Waals surface area contributed by atoms with Gasteiger partial charge < -0.3 is 15.7 Å². The fraction of sp³-hybridized carbons (Fsp3) is 0.462. The summed E-state index contributed by atoms with van der Waals surface area (Å²) in [6.07, 6.45) is 2.72. The summed E-state index contributed by atoms with van der Waals surface area (Å²) in [5.74, 6) is -0.812. The van der Waals surface area contributed by atoms with E-state index < -0.39 is 5.82 Å². The summed E-state index contributed by atoms with van der Waals surface area (Å²) in [6.45, 7) is 8.46. The number of hydrogen-bond donors (Lipinski definition) is 4. The van der Waals surface area contributed by atoms with E-state index in [2.05, 4.69) is 31.9 Å². The van der Waals surface area contributed by atoms with E-state index in [1.54, 1.807) is 0 Å². The minimum atomic E-state index is -0.677. The molecule has 0 bridgehead atoms. The topological polar surface area (TPSA) is 127 Å². The SMILES string of the molecule is CC.Cc1[nH]nc2nc(-c3ccc(O)cc3F)c(C#N)c(C3C[C@@H]3C(=O)NCC3CCNCC3)c12. The Balaban J connectivity index is 0.00000141. The highest BCUT2D eigenvalue weighted by atomic mass is 19.1. The van der Waals surface area contributed by atoms with Crippen molar-refractivity contribution in [2.45, 2.75) is 46.0 Å². The summed E-state index contributed by atoms with van der Waals surface area (Å²) >= 11 is 0. The summed E-state index contributed by atoms with van der Waals surface area (Å²) in [5, 5.41) is 33.9. The van der Waals surface area contributed by atoms with Crippen molar-refractivity contribution in [3.05, 3.63) is 40.8 Å². The number of carbonyl (C=O) groups is 1. The Morgan fingerprint density at radius 1 is 1.31 bits per heavy atom. The number of aryl methyl sites for hydroxylation is 1. The van der Waals surface area contributed by atoms with Crippen molar-refractivity contribution < 1.29 is 14.3 Å². The Morgan fingerprint density at radius 2 is 2.06 bits per heavy atom. The highest BCUT2D eigenvalue weighted by molar-refractivity contribution is 5.92. The van der Waals surface area contributed by atoms with E-state index in [1.807, 2.05) is 20.8 Å². The second kappa shape index (κ2) is 10.4. The van der Waals surface area contributed by atoms with E-state index >= 15 is 0 Å². The third kappa shape index (κ3) is 4.84. The monoisotopic (exact) mass is 478 g/mol. The molecule has 1 aromatic carbocycles. The van der Waals surface area contributed by atoms with Crippen LogP contribution in [-0.4, -0.2) is 45.8 Å². The molecule has 1 aliphatic heterocycles. The molecule has 1 unspecified atom stereocenters. The van der Waals surface area contributed by atoms with E-state index in [0.29, 0.717) is 35.5 Å². The molecule has 0 radical (unpaired) electrons. The van der Waals surface area contributed by atoms with Gasteiger partial charge in [-0.3, -0.25) is 9.89 Å². The number of benzene rings is 1. The first-order valence-corrected chi connectivity index (χ1v) is 12.2. The lowest BCUT2D eigenvalue weighted by atomic mass is 9.94. The predicted molar refractivity (Wildman–Crippen MR) is 131 cm³/mol. The zero-order valence-electron chi connectivity index (χ0n) is 20.3. The number of phenols is 1. The van der Waals surface area contributed by atoms with Gasteiger partial charge in [0.25, 0.3) is 0 Å². The third-order valence-corrected chi connectivity index (χ3v) is 6.76. The van der Waals surface area contributed by atoms with Gasteiger partial charge in [0.2, 0.25) is 5.91 Å². The van der Waals surface area contributed by atoms with Gasteiger partial charge in [0.05, 0.1) is 11.3 Å². The van der Waals surface area contributed by atoms with Crippen molar-refractivity contribution >= 4 is 16.9 Å². The summed E-state index contributed by atoms with van der Waals surface area (Å²) < 4.78 is 14.7. The van der Waals surface area contributed by atoms with Crippen LogP contribution in [0.5, 0.6) is 5.75 Å². The molecule has 1 aliphatic carbocycles. The predicted octanol–water partition coefficient (Wildman–Crippen LogP) is 3.90. The zero-order valence-corrected chi connectivity index (χ0v) is 20.3. The van der Waals surface area contributed by atoms with Crippen molar-refractivity contribution in [1.29, 1.82) is 5.26 Å². The lowest BCUT2D eigenvalue weighted by Crippen LogP contribution is -2.36. The van der Waals surface area contributed by atoms with Gasteiger partial charge in [-0.1, -0.05) is 13.8 Å². The highest BCUT2D eigenvalue weighted by Crippen LogP contribution is 2.52. The molecule has 1 amide bonds. The Morgan fingerprint density at radius 3 is 2.74 bits per heavy atom. The molecule has 9 heteroatoms. The van der Waals surface area contributed by atoms with Crippen molar-refractivity contribution in [1.82, 2.24) is 25.8 Å². The summed E-state index contributed by atoms with van der Waals surface area (Å²) in [4.78, 5) is 17.4. The second-order valence-corrected chi connectivity index (χ2v) is 8.96. The number of phenolic OH excluding ortho intramolecular Hbond substituents is 1. The number of piperidine rings is 1. The van der Waals surface area contributed by atoms with E-state index in [0.717, 1.165) is 37.7 Å². The van der Waals surface area contributed by atoms with Crippen LogP contribution in [0.2, 0.25) is 0 Å². The number of aromatic amines is 1. The van der Waals surface area contributed by atoms with Crippen LogP contribution in [0.25, 0.3) is 22.3 Å². The minimum absolute atomic E-state index is 0.00843. The summed E-state index contributed by atoms with van der Waals surface area (Å²) in [7, 11) is 0. The number of aromatic hydroxyl groups is 1. The van der Waals surface area contributed by atoms with Gasteiger partial charge in [-0.15, -0.1) is 0 Å². The number of nitriles is 1. The molecular weight excluding hydrogens is 447 g/mol. The fourth-order valence-electron chi connectivity index (χ4n) is 4.87. The van der Waals surface area contributed by atoms with Gasteiger partial charge in [0.1, 0.15) is 17.6 Å². The minimum Gasteiger partial charge on any atom is -0.508 e. The molecule has 4 N–H and O–H groups in total. The number of fused-ring (bicyclic) bond motifs is 1. The Hall–Kier alpha value is -3.51.